The van der Waals surface area contributed by atoms with Gasteiger partial charge in [0, 0.05) is 50.5 Å². The zero-order valence-corrected chi connectivity index (χ0v) is 19.6. The number of carbonyl (C=O) groups is 1. The molecule has 0 saturated carbocycles. The minimum atomic E-state index is -0.198. The second-order valence-electron chi connectivity index (χ2n) is 8.30. The highest BCUT2D eigenvalue weighted by atomic mass is 16.5. The molecule has 0 bridgehead atoms. The van der Waals surface area contributed by atoms with Crippen LogP contribution in [0.4, 0.5) is 5.82 Å². The number of nitrogens with one attached hydrogen (secondary N) is 2. The van der Waals surface area contributed by atoms with Crippen LogP contribution in [0.5, 0.6) is 0 Å². The SMILES string of the molecule is CCNC(=NCc1cccnc1N1CCC(C(N)=O)CC1)NCCC(OCC)C(C)C. The Bertz CT molecular complexity index is 701. The fourth-order valence-corrected chi connectivity index (χ4v) is 3.88. The van der Waals surface area contributed by atoms with Gasteiger partial charge in [0.15, 0.2) is 5.96 Å². The van der Waals surface area contributed by atoms with E-state index in [4.69, 9.17) is 15.5 Å². The zero-order valence-electron chi connectivity index (χ0n) is 19.6. The number of carbonyl (C=O) groups excluding carboxylic acids is 1. The molecule has 1 amide bonds. The molecule has 1 saturated heterocycles. The van der Waals surface area contributed by atoms with Crippen molar-refractivity contribution in [3.63, 3.8) is 0 Å². The number of amides is 1. The Kier molecular flexibility index (Phi) is 10.6. The van der Waals surface area contributed by atoms with E-state index in [2.05, 4.69) is 47.4 Å². The first-order valence-corrected chi connectivity index (χ1v) is 11.6. The maximum absolute atomic E-state index is 11.5. The van der Waals surface area contributed by atoms with Crippen LogP contribution >= 0.6 is 0 Å². The van der Waals surface area contributed by atoms with Gasteiger partial charge in [-0.2, -0.15) is 0 Å². The highest BCUT2D eigenvalue weighted by molar-refractivity contribution is 5.79. The van der Waals surface area contributed by atoms with Gasteiger partial charge in [-0.05, 0) is 45.1 Å². The van der Waals surface area contributed by atoms with Crippen LogP contribution < -0.4 is 21.3 Å². The lowest BCUT2D eigenvalue weighted by Crippen LogP contribution is -2.40. The summed E-state index contributed by atoms with van der Waals surface area (Å²) in [7, 11) is 0. The number of hydrogen-bond acceptors (Lipinski definition) is 5. The first-order valence-electron chi connectivity index (χ1n) is 11.6. The molecule has 0 radical (unpaired) electrons. The molecule has 2 heterocycles. The molecular weight excluding hydrogens is 392 g/mol. The lowest BCUT2D eigenvalue weighted by molar-refractivity contribution is -0.122. The summed E-state index contributed by atoms with van der Waals surface area (Å²) in [6.45, 7) is 12.9. The Balaban J connectivity index is 1.99. The second-order valence-corrected chi connectivity index (χ2v) is 8.30. The van der Waals surface area contributed by atoms with E-state index in [1.54, 1.807) is 0 Å². The molecule has 0 aliphatic carbocycles. The number of anilines is 1. The van der Waals surface area contributed by atoms with Gasteiger partial charge in [-0.1, -0.05) is 19.9 Å². The Labute approximate surface area is 187 Å². The smallest absolute Gasteiger partial charge is 0.220 e. The van der Waals surface area contributed by atoms with Crippen molar-refractivity contribution in [2.45, 2.75) is 59.6 Å². The predicted octanol–water partition coefficient (Wildman–Crippen LogP) is 2.29. The van der Waals surface area contributed by atoms with Crippen molar-refractivity contribution in [3.05, 3.63) is 23.9 Å². The summed E-state index contributed by atoms with van der Waals surface area (Å²) in [5.41, 5.74) is 6.55. The summed E-state index contributed by atoms with van der Waals surface area (Å²) in [6, 6.07) is 4.01. The zero-order chi connectivity index (χ0) is 22.6. The number of aromatic nitrogens is 1. The van der Waals surface area contributed by atoms with E-state index < -0.39 is 0 Å². The highest BCUT2D eigenvalue weighted by Crippen LogP contribution is 2.24. The number of nitrogens with two attached hydrogens (primary N) is 1. The molecule has 31 heavy (non-hydrogen) atoms. The largest absolute Gasteiger partial charge is 0.378 e. The summed E-state index contributed by atoms with van der Waals surface area (Å²) >= 11 is 0. The molecule has 1 atom stereocenters. The van der Waals surface area contributed by atoms with Gasteiger partial charge in [0.25, 0.3) is 0 Å². The van der Waals surface area contributed by atoms with Crippen molar-refractivity contribution in [1.82, 2.24) is 15.6 Å². The highest BCUT2D eigenvalue weighted by Gasteiger charge is 2.25. The number of aliphatic imine (C=N–C) groups is 1. The minimum Gasteiger partial charge on any atom is -0.378 e. The van der Waals surface area contributed by atoms with E-state index in [-0.39, 0.29) is 17.9 Å². The Morgan fingerprint density at radius 1 is 1.32 bits per heavy atom. The molecule has 1 aromatic heterocycles. The summed E-state index contributed by atoms with van der Waals surface area (Å²) in [6.07, 6.45) is 4.54. The van der Waals surface area contributed by atoms with Crippen molar-refractivity contribution in [1.29, 1.82) is 0 Å². The number of pyridine rings is 1. The molecule has 174 valence electrons. The standard InChI is InChI=1S/C23H40N6O2/c1-5-25-23(27-13-9-20(17(3)4)31-6-2)28-16-19-8-7-12-26-22(19)29-14-10-18(11-15-29)21(24)30/h7-8,12,17-18,20H,5-6,9-11,13-16H2,1-4H3,(H2,24,30)(H2,25,27,28). The van der Waals surface area contributed by atoms with Gasteiger partial charge in [0.2, 0.25) is 5.91 Å². The maximum Gasteiger partial charge on any atom is 0.220 e. The quantitative estimate of drug-likeness (QED) is 0.366. The van der Waals surface area contributed by atoms with Gasteiger partial charge in [0.1, 0.15) is 5.82 Å². The molecule has 1 aliphatic heterocycles. The van der Waals surface area contributed by atoms with Crippen LogP contribution in [0.15, 0.2) is 23.3 Å². The van der Waals surface area contributed by atoms with Gasteiger partial charge >= 0.3 is 0 Å². The van der Waals surface area contributed by atoms with E-state index in [1.807, 2.05) is 19.2 Å². The van der Waals surface area contributed by atoms with Gasteiger partial charge in [-0.3, -0.25) is 4.79 Å². The second kappa shape index (κ2) is 13.1. The van der Waals surface area contributed by atoms with Gasteiger partial charge in [-0.15, -0.1) is 0 Å². The Morgan fingerprint density at radius 2 is 2.06 bits per heavy atom. The summed E-state index contributed by atoms with van der Waals surface area (Å²) in [4.78, 5) is 23.1. The molecule has 4 N–H and O–H groups in total. The third-order valence-corrected chi connectivity index (χ3v) is 5.66. The van der Waals surface area contributed by atoms with Gasteiger partial charge in [-0.25, -0.2) is 9.98 Å². The number of guanidine groups is 1. The molecule has 1 aromatic rings. The summed E-state index contributed by atoms with van der Waals surface area (Å²) in [5, 5.41) is 6.74. The number of ether oxygens (including phenoxy) is 1. The molecule has 1 aliphatic rings. The molecule has 1 fully saturated rings. The minimum absolute atomic E-state index is 0.0302. The van der Waals surface area contributed by atoms with Crippen LogP contribution in [0.25, 0.3) is 0 Å². The average Bonchev–Trinajstić information content (AvgIpc) is 2.77. The monoisotopic (exact) mass is 432 g/mol. The normalized spacial score (nSPS) is 16.4. The Hall–Kier alpha value is -2.35. The van der Waals surface area contributed by atoms with Crippen molar-refractivity contribution < 1.29 is 9.53 Å². The molecule has 0 aromatic carbocycles. The van der Waals surface area contributed by atoms with Crippen LogP contribution in [0, 0.1) is 11.8 Å². The lowest BCUT2D eigenvalue weighted by atomic mass is 9.96. The van der Waals surface area contributed by atoms with Gasteiger partial charge in [0.05, 0.1) is 12.6 Å². The molecule has 0 spiro atoms. The van der Waals surface area contributed by atoms with Crippen LogP contribution in [-0.4, -0.2) is 55.7 Å². The molecule has 8 nitrogen and oxygen atoms in total. The van der Waals surface area contributed by atoms with Crippen LogP contribution in [-0.2, 0) is 16.1 Å². The third kappa shape index (κ3) is 8.01. The van der Waals surface area contributed by atoms with Crippen LogP contribution in [0.2, 0.25) is 0 Å². The first-order chi connectivity index (χ1) is 15.0. The number of piperidine rings is 1. The summed E-state index contributed by atoms with van der Waals surface area (Å²) in [5.74, 6) is 2.00. The lowest BCUT2D eigenvalue weighted by Gasteiger charge is -2.32. The van der Waals surface area contributed by atoms with Crippen molar-refractivity contribution in [2.24, 2.45) is 22.6 Å². The van der Waals surface area contributed by atoms with E-state index in [0.29, 0.717) is 12.5 Å². The molecule has 1 unspecified atom stereocenters. The number of nitrogens with zero attached hydrogens (tertiary/aromatic N) is 3. The third-order valence-electron chi connectivity index (χ3n) is 5.66. The Morgan fingerprint density at radius 3 is 2.68 bits per heavy atom. The first kappa shape index (κ1) is 24.9. The fourth-order valence-electron chi connectivity index (χ4n) is 3.88. The van der Waals surface area contributed by atoms with Crippen molar-refractivity contribution >= 4 is 17.7 Å². The van der Waals surface area contributed by atoms with E-state index in [9.17, 15) is 4.79 Å². The van der Waals surface area contributed by atoms with E-state index in [1.165, 1.54) is 0 Å². The summed E-state index contributed by atoms with van der Waals surface area (Å²) < 4.78 is 5.84. The topological polar surface area (TPSA) is 105 Å². The van der Waals surface area contributed by atoms with E-state index >= 15 is 0 Å². The fraction of sp³-hybridized carbons (Fsp3) is 0.696. The number of primary amides is 1. The maximum atomic E-state index is 11.5. The molecule has 2 rings (SSSR count). The van der Waals surface area contributed by atoms with Gasteiger partial charge < -0.3 is 26.0 Å². The molecule has 8 heteroatoms. The van der Waals surface area contributed by atoms with Crippen molar-refractivity contribution in [2.75, 3.05) is 37.7 Å². The molecular formula is C23H40N6O2. The average molecular weight is 433 g/mol. The van der Waals surface area contributed by atoms with Crippen molar-refractivity contribution in [3.8, 4) is 0 Å². The number of hydrogen-bond donors (Lipinski definition) is 3. The van der Waals surface area contributed by atoms with Crippen LogP contribution in [0.1, 0.15) is 52.5 Å². The number of rotatable bonds is 11. The predicted molar refractivity (Wildman–Crippen MR) is 126 cm³/mol. The van der Waals surface area contributed by atoms with E-state index in [0.717, 1.165) is 69.4 Å². The van der Waals surface area contributed by atoms with Crippen LogP contribution in [0.3, 0.4) is 0 Å².